The Hall–Kier alpha value is -0.310. The molecule has 0 aromatic heterocycles. The lowest BCUT2D eigenvalue weighted by Gasteiger charge is -2.25. The summed E-state index contributed by atoms with van der Waals surface area (Å²) in [6.07, 6.45) is -10.7. The third-order valence-corrected chi connectivity index (χ3v) is 1.56. The minimum atomic E-state index is -2.73. The minimum absolute atomic E-state index is 0.854. The fourth-order valence-electron chi connectivity index (χ4n) is 0.700. The normalized spacial score (nSPS) is 23.3. The van der Waals surface area contributed by atoms with Gasteiger partial charge in [0.1, 0.15) is 24.4 Å². The highest BCUT2D eigenvalue weighted by molar-refractivity contribution is 4.81. The molecule has 0 radical (unpaired) electrons. The molecular formula is C6H13FO6. The second-order valence-electron chi connectivity index (χ2n) is 2.59. The summed E-state index contributed by atoms with van der Waals surface area (Å²) in [5.74, 6) is 0. The third-order valence-electron chi connectivity index (χ3n) is 1.56. The first-order valence-corrected chi connectivity index (χ1v) is 3.57. The van der Waals surface area contributed by atoms with Gasteiger partial charge in [0.25, 0.3) is 0 Å². The van der Waals surface area contributed by atoms with Crippen molar-refractivity contribution < 1.29 is 35.0 Å². The van der Waals surface area contributed by atoms with E-state index < -0.39 is 37.4 Å². The van der Waals surface area contributed by atoms with E-state index in [1.807, 2.05) is 0 Å². The summed E-state index contributed by atoms with van der Waals surface area (Å²) in [5.41, 5.74) is 0. The molecule has 0 spiro atoms. The molecule has 0 aromatic carbocycles. The minimum Gasteiger partial charge on any atom is -0.394 e. The van der Waals surface area contributed by atoms with E-state index in [0.717, 1.165) is 0 Å². The fourth-order valence-corrected chi connectivity index (χ4v) is 0.700. The Morgan fingerprint density at radius 2 is 1.31 bits per heavy atom. The number of rotatable bonds is 5. The van der Waals surface area contributed by atoms with Crippen molar-refractivity contribution in [3.8, 4) is 0 Å². The van der Waals surface area contributed by atoms with Gasteiger partial charge in [0.2, 0.25) is 6.36 Å². The van der Waals surface area contributed by atoms with E-state index in [-0.39, 0.29) is 0 Å². The maximum absolute atomic E-state index is 12.0. The zero-order valence-electron chi connectivity index (χ0n) is 6.66. The SMILES string of the molecule is OCC(O)C(O)C(O)C(O)C(O)F. The van der Waals surface area contributed by atoms with E-state index in [2.05, 4.69) is 0 Å². The second-order valence-corrected chi connectivity index (χ2v) is 2.59. The average molecular weight is 200 g/mol. The number of hydrogen-bond donors (Lipinski definition) is 6. The van der Waals surface area contributed by atoms with Crippen LogP contribution in [0, 0.1) is 0 Å². The molecule has 7 heteroatoms. The number of aliphatic hydroxyl groups excluding tert-OH is 6. The molecule has 6 nitrogen and oxygen atoms in total. The Kier molecular flexibility index (Phi) is 5.30. The Balaban J connectivity index is 4.15. The van der Waals surface area contributed by atoms with Crippen molar-refractivity contribution in [1.82, 2.24) is 0 Å². The summed E-state index contributed by atoms with van der Waals surface area (Å²) in [7, 11) is 0. The molecule has 6 N–H and O–H groups in total. The molecule has 0 aliphatic heterocycles. The van der Waals surface area contributed by atoms with Gasteiger partial charge in [-0.1, -0.05) is 0 Å². The number of aliphatic hydroxyl groups is 6. The highest BCUT2D eigenvalue weighted by Gasteiger charge is 2.33. The van der Waals surface area contributed by atoms with Crippen LogP contribution in [0.5, 0.6) is 0 Å². The van der Waals surface area contributed by atoms with E-state index in [9.17, 15) is 4.39 Å². The van der Waals surface area contributed by atoms with E-state index >= 15 is 0 Å². The molecule has 0 fully saturated rings. The number of hydrogen-bond acceptors (Lipinski definition) is 6. The molecule has 0 aliphatic carbocycles. The van der Waals surface area contributed by atoms with Crippen LogP contribution < -0.4 is 0 Å². The highest BCUT2D eigenvalue weighted by atomic mass is 19.1. The second kappa shape index (κ2) is 5.43. The smallest absolute Gasteiger partial charge is 0.225 e. The highest BCUT2D eigenvalue weighted by Crippen LogP contribution is 2.08. The summed E-state index contributed by atoms with van der Waals surface area (Å²) in [4.78, 5) is 0. The van der Waals surface area contributed by atoms with E-state index in [0.29, 0.717) is 0 Å². The van der Waals surface area contributed by atoms with Gasteiger partial charge in [0.05, 0.1) is 6.61 Å². The van der Waals surface area contributed by atoms with Gasteiger partial charge in [-0.25, -0.2) is 4.39 Å². The van der Waals surface area contributed by atoms with Crippen molar-refractivity contribution in [3.63, 3.8) is 0 Å². The fraction of sp³-hybridized carbons (Fsp3) is 1.00. The lowest BCUT2D eigenvalue weighted by atomic mass is 10.0. The van der Waals surface area contributed by atoms with E-state index in [4.69, 9.17) is 30.6 Å². The van der Waals surface area contributed by atoms with Crippen LogP contribution in [0.4, 0.5) is 4.39 Å². The summed E-state index contributed by atoms with van der Waals surface area (Å²) in [5, 5.41) is 51.7. The van der Waals surface area contributed by atoms with Crippen molar-refractivity contribution in [2.45, 2.75) is 30.8 Å². The first-order valence-electron chi connectivity index (χ1n) is 3.57. The maximum atomic E-state index is 12.0. The molecule has 0 saturated heterocycles. The van der Waals surface area contributed by atoms with Crippen molar-refractivity contribution in [2.24, 2.45) is 0 Å². The zero-order valence-corrected chi connectivity index (χ0v) is 6.66. The predicted molar refractivity (Wildman–Crippen MR) is 38.2 cm³/mol. The molecule has 5 atom stereocenters. The Labute approximate surface area is 73.5 Å². The first-order chi connectivity index (χ1) is 5.91. The standard InChI is InChI=1S/C6H13FO6/c7-6(13)5(12)4(11)3(10)2(9)1-8/h2-6,8-13H,1H2. The van der Waals surface area contributed by atoms with Gasteiger partial charge in [-0.2, -0.15) is 0 Å². The molecule has 0 heterocycles. The Bertz CT molecular complexity index is 143. The van der Waals surface area contributed by atoms with Crippen LogP contribution in [0.3, 0.4) is 0 Å². The largest absolute Gasteiger partial charge is 0.394 e. The van der Waals surface area contributed by atoms with Crippen LogP contribution in [-0.2, 0) is 0 Å². The zero-order chi connectivity index (χ0) is 10.6. The lowest BCUT2D eigenvalue weighted by molar-refractivity contribution is -0.165. The summed E-state index contributed by atoms with van der Waals surface area (Å²) >= 11 is 0. The van der Waals surface area contributed by atoms with Gasteiger partial charge in [-0.3, -0.25) is 0 Å². The Morgan fingerprint density at radius 1 is 0.846 bits per heavy atom. The molecule has 5 unspecified atom stereocenters. The van der Waals surface area contributed by atoms with Gasteiger partial charge in [0, 0.05) is 0 Å². The summed E-state index contributed by atoms with van der Waals surface area (Å²) < 4.78 is 12.0. The van der Waals surface area contributed by atoms with Crippen LogP contribution in [0.2, 0.25) is 0 Å². The van der Waals surface area contributed by atoms with Crippen LogP contribution in [0.15, 0.2) is 0 Å². The van der Waals surface area contributed by atoms with Crippen molar-refractivity contribution >= 4 is 0 Å². The van der Waals surface area contributed by atoms with Crippen molar-refractivity contribution in [3.05, 3.63) is 0 Å². The first kappa shape index (κ1) is 12.7. The topological polar surface area (TPSA) is 121 Å². The molecule has 13 heavy (non-hydrogen) atoms. The molecule has 0 amide bonds. The van der Waals surface area contributed by atoms with Gasteiger partial charge >= 0.3 is 0 Å². The summed E-state index contributed by atoms with van der Waals surface area (Å²) in [6, 6.07) is 0. The van der Waals surface area contributed by atoms with Crippen LogP contribution >= 0.6 is 0 Å². The van der Waals surface area contributed by atoms with Crippen LogP contribution in [0.25, 0.3) is 0 Å². The van der Waals surface area contributed by atoms with E-state index in [1.54, 1.807) is 0 Å². The predicted octanol–water partition coefficient (Wildman–Crippen LogP) is -3.29. The van der Waals surface area contributed by atoms with E-state index in [1.165, 1.54) is 0 Å². The number of alkyl halides is 1. The molecule has 0 aromatic rings. The third kappa shape index (κ3) is 3.51. The number of halogens is 1. The average Bonchev–Trinajstić information content (AvgIpc) is 2.12. The molecule has 0 aliphatic rings. The molecule has 0 saturated carbocycles. The molecular weight excluding hydrogens is 187 g/mol. The molecule has 0 rings (SSSR count). The van der Waals surface area contributed by atoms with Crippen LogP contribution in [0.1, 0.15) is 0 Å². The van der Waals surface area contributed by atoms with Gasteiger partial charge in [-0.15, -0.1) is 0 Å². The van der Waals surface area contributed by atoms with Crippen molar-refractivity contribution in [1.29, 1.82) is 0 Å². The van der Waals surface area contributed by atoms with Gasteiger partial charge in [0.15, 0.2) is 0 Å². The quantitative estimate of drug-likeness (QED) is 0.276. The molecule has 0 bridgehead atoms. The molecule has 80 valence electrons. The van der Waals surface area contributed by atoms with Crippen LogP contribution in [-0.4, -0.2) is 68.0 Å². The van der Waals surface area contributed by atoms with Gasteiger partial charge in [-0.05, 0) is 0 Å². The maximum Gasteiger partial charge on any atom is 0.225 e. The van der Waals surface area contributed by atoms with Crippen molar-refractivity contribution in [2.75, 3.05) is 6.61 Å². The Morgan fingerprint density at radius 3 is 1.62 bits per heavy atom. The monoisotopic (exact) mass is 200 g/mol. The van der Waals surface area contributed by atoms with Gasteiger partial charge < -0.3 is 30.6 Å². The summed E-state index contributed by atoms with van der Waals surface area (Å²) in [6.45, 7) is -0.854. The lowest BCUT2D eigenvalue weighted by Crippen LogP contribution is -2.49.